The van der Waals surface area contributed by atoms with Crippen molar-refractivity contribution in [3.63, 3.8) is 0 Å². The second kappa shape index (κ2) is 4.38. The molecule has 1 N–H and O–H groups in total. The number of rotatable bonds is 3. The first kappa shape index (κ1) is 12.3. The fourth-order valence-electron chi connectivity index (χ4n) is 1.87. The van der Waals surface area contributed by atoms with E-state index in [1.165, 1.54) is 0 Å². The van der Waals surface area contributed by atoms with Crippen LogP contribution < -0.4 is 0 Å². The van der Waals surface area contributed by atoms with Crippen LogP contribution in [0.4, 0.5) is 13.2 Å². The molecule has 0 aromatic heterocycles. The average Bonchev–Trinajstić information content (AvgIpc) is 2.47. The smallest absolute Gasteiger partial charge is 0.394 e. The number of hydrogen-bond acceptors (Lipinski definition) is 2. The first-order valence-corrected chi connectivity index (χ1v) is 4.79. The summed E-state index contributed by atoms with van der Waals surface area (Å²) in [5.74, 6) is -4.75. The van der Waals surface area contributed by atoms with Crippen molar-refractivity contribution in [2.24, 2.45) is 11.8 Å². The van der Waals surface area contributed by atoms with Gasteiger partial charge in [-0.1, -0.05) is 13.3 Å². The van der Waals surface area contributed by atoms with Crippen LogP contribution >= 0.6 is 0 Å². The molecular formula is C9H13F3O3. The van der Waals surface area contributed by atoms with Gasteiger partial charge in [0.2, 0.25) is 0 Å². The second-order valence-electron chi connectivity index (χ2n) is 3.67. The van der Waals surface area contributed by atoms with E-state index in [0.717, 1.165) is 0 Å². The Hall–Kier alpha value is -0.780. The van der Waals surface area contributed by atoms with Gasteiger partial charge in [0.05, 0.1) is 24.5 Å². The lowest BCUT2D eigenvalue weighted by Crippen LogP contribution is -2.36. The summed E-state index contributed by atoms with van der Waals surface area (Å²) >= 11 is 0. The quantitative estimate of drug-likeness (QED) is 0.801. The summed E-state index contributed by atoms with van der Waals surface area (Å²) in [5.41, 5.74) is 0. The standard InChI is InChI=1S/C9H13F3O3/c1-2-3-6-7(8(13)14)5(4-15-6)9(10,11)12/h5-7H,2-4H2,1H3,(H,13,14)/t5-,6-,7+/m1/s1. The van der Waals surface area contributed by atoms with Crippen molar-refractivity contribution in [1.82, 2.24) is 0 Å². The van der Waals surface area contributed by atoms with E-state index in [2.05, 4.69) is 0 Å². The lowest BCUT2D eigenvalue weighted by Gasteiger charge is -2.20. The van der Waals surface area contributed by atoms with Gasteiger partial charge in [0.15, 0.2) is 0 Å². The van der Waals surface area contributed by atoms with Crippen molar-refractivity contribution in [2.75, 3.05) is 6.61 Å². The Morgan fingerprint density at radius 1 is 1.53 bits per heavy atom. The molecule has 0 aromatic rings. The highest BCUT2D eigenvalue weighted by molar-refractivity contribution is 5.71. The van der Waals surface area contributed by atoms with Crippen LogP contribution in [0.25, 0.3) is 0 Å². The Kier molecular flexibility index (Phi) is 3.59. The number of carbonyl (C=O) groups is 1. The molecule has 0 saturated carbocycles. The normalized spacial score (nSPS) is 31.9. The summed E-state index contributed by atoms with van der Waals surface area (Å²) < 4.78 is 42.2. The third kappa shape index (κ3) is 2.62. The van der Waals surface area contributed by atoms with Crippen LogP contribution in [-0.2, 0) is 9.53 Å². The van der Waals surface area contributed by atoms with Crippen LogP contribution in [0.1, 0.15) is 19.8 Å². The summed E-state index contributed by atoms with van der Waals surface area (Å²) in [4.78, 5) is 10.8. The van der Waals surface area contributed by atoms with E-state index >= 15 is 0 Å². The molecule has 6 heteroatoms. The molecular weight excluding hydrogens is 213 g/mol. The minimum atomic E-state index is -4.49. The van der Waals surface area contributed by atoms with Gasteiger partial charge in [-0.25, -0.2) is 0 Å². The van der Waals surface area contributed by atoms with Crippen LogP contribution in [0.3, 0.4) is 0 Å². The predicted octanol–water partition coefficient (Wildman–Crippen LogP) is 2.06. The molecule has 0 amide bonds. The van der Waals surface area contributed by atoms with Crippen molar-refractivity contribution in [1.29, 1.82) is 0 Å². The summed E-state index contributed by atoms with van der Waals surface area (Å²) in [7, 11) is 0. The fourth-order valence-corrected chi connectivity index (χ4v) is 1.87. The molecule has 1 heterocycles. The number of halogens is 3. The molecule has 15 heavy (non-hydrogen) atoms. The monoisotopic (exact) mass is 226 g/mol. The second-order valence-corrected chi connectivity index (χ2v) is 3.67. The molecule has 0 aliphatic carbocycles. The van der Waals surface area contributed by atoms with E-state index in [4.69, 9.17) is 9.84 Å². The highest BCUT2D eigenvalue weighted by Gasteiger charge is 2.54. The van der Waals surface area contributed by atoms with Gasteiger partial charge in [-0.15, -0.1) is 0 Å². The Balaban J connectivity index is 2.80. The molecule has 1 fully saturated rings. The molecule has 0 radical (unpaired) electrons. The summed E-state index contributed by atoms with van der Waals surface area (Å²) in [6.45, 7) is 1.24. The van der Waals surface area contributed by atoms with Gasteiger partial charge in [0.25, 0.3) is 0 Å². The van der Waals surface area contributed by atoms with Crippen molar-refractivity contribution in [3.8, 4) is 0 Å². The highest BCUT2D eigenvalue weighted by atomic mass is 19.4. The maximum absolute atomic E-state index is 12.4. The van der Waals surface area contributed by atoms with Crippen LogP contribution in [0, 0.1) is 11.8 Å². The number of carboxylic acid groups (broad SMARTS) is 1. The lowest BCUT2D eigenvalue weighted by atomic mass is 9.88. The lowest BCUT2D eigenvalue weighted by molar-refractivity contribution is -0.190. The molecule has 1 aliphatic rings. The van der Waals surface area contributed by atoms with Gasteiger partial charge in [-0.2, -0.15) is 13.2 Å². The van der Waals surface area contributed by atoms with Crippen LogP contribution in [0.5, 0.6) is 0 Å². The van der Waals surface area contributed by atoms with Crippen LogP contribution in [-0.4, -0.2) is 30.0 Å². The summed E-state index contributed by atoms with van der Waals surface area (Å²) in [5, 5.41) is 8.76. The minimum Gasteiger partial charge on any atom is -0.481 e. The van der Waals surface area contributed by atoms with Crippen molar-refractivity contribution >= 4 is 5.97 Å². The number of carboxylic acids is 1. The van der Waals surface area contributed by atoms with Crippen LogP contribution in [0.15, 0.2) is 0 Å². The zero-order valence-electron chi connectivity index (χ0n) is 8.25. The van der Waals surface area contributed by atoms with Gasteiger partial charge in [0.1, 0.15) is 0 Å². The topological polar surface area (TPSA) is 46.5 Å². The number of hydrogen-bond donors (Lipinski definition) is 1. The van der Waals surface area contributed by atoms with Crippen LogP contribution in [0.2, 0.25) is 0 Å². The van der Waals surface area contributed by atoms with Crippen molar-refractivity contribution in [3.05, 3.63) is 0 Å². The molecule has 0 bridgehead atoms. The zero-order valence-corrected chi connectivity index (χ0v) is 8.25. The van der Waals surface area contributed by atoms with E-state index in [-0.39, 0.29) is 0 Å². The van der Waals surface area contributed by atoms with E-state index < -0.39 is 36.7 Å². The summed E-state index contributed by atoms with van der Waals surface area (Å²) in [6.07, 6.45) is -4.34. The largest absolute Gasteiger partial charge is 0.481 e. The van der Waals surface area contributed by atoms with Gasteiger partial charge in [-0.3, -0.25) is 4.79 Å². The van der Waals surface area contributed by atoms with E-state index in [1.807, 2.05) is 0 Å². The average molecular weight is 226 g/mol. The maximum Gasteiger partial charge on any atom is 0.394 e. The van der Waals surface area contributed by atoms with Gasteiger partial charge < -0.3 is 9.84 Å². The molecule has 3 nitrogen and oxygen atoms in total. The van der Waals surface area contributed by atoms with E-state index in [9.17, 15) is 18.0 Å². The van der Waals surface area contributed by atoms with Crippen molar-refractivity contribution in [2.45, 2.75) is 32.0 Å². The molecule has 0 spiro atoms. The first-order valence-electron chi connectivity index (χ1n) is 4.79. The van der Waals surface area contributed by atoms with Gasteiger partial charge in [-0.05, 0) is 6.42 Å². The molecule has 88 valence electrons. The first-order chi connectivity index (χ1) is 6.88. The molecule has 1 aliphatic heterocycles. The van der Waals surface area contributed by atoms with E-state index in [1.54, 1.807) is 6.92 Å². The zero-order chi connectivity index (χ0) is 11.6. The SMILES string of the molecule is CCC[C@H]1OC[C@@H](C(F)(F)F)[C@@H]1C(=O)O. The molecule has 0 unspecified atom stereocenters. The Morgan fingerprint density at radius 2 is 2.13 bits per heavy atom. The Labute approximate surface area is 85.2 Å². The minimum absolute atomic E-state index is 0.351. The number of alkyl halides is 3. The third-order valence-corrected chi connectivity index (χ3v) is 2.60. The number of ether oxygens (including phenoxy) is 1. The third-order valence-electron chi connectivity index (χ3n) is 2.60. The molecule has 1 rings (SSSR count). The molecule has 0 aromatic carbocycles. The highest BCUT2D eigenvalue weighted by Crippen LogP contribution is 2.40. The van der Waals surface area contributed by atoms with Gasteiger partial charge in [0, 0.05) is 0 Å². The Morgan fingerprint density at radius 3 is 2.53 bits per heavy atom. The Bertz CT molecular complexity index is 239. The number of aliphatic carboxylic acids is 1. The summed E-state index contributed by atoms with van der Waals surface area (Å²) in [6, 6.07) is 0. The molecule has 1 saturated heterocycles. The van der Waals surface area contributed by atoms with Gasteiger partial charge >= 0.3 is 12.1 Å². The van der Waals surface area contributed by atoms with Crippen molar-refractivity contribution < 1.29 is 27.8 Å². The maximum atomic E-state index is 12.4. The fraction of sp³-hybridized carbons (Fsp3) is 0.889. The molecule has 3 atom stereocenters. The predicted molar refractivity (Wildman–Crippen MR) is 45.3 cm³/mol. The van der Waals surface area contributed by atoms with E-state index in [0.29, 0.717) is 12.8 Å².